The number of nitrogens with zero attached hydrogens (tertiary/aromatic N) is 1. The van der Waals surface area contributed by atoms with Crippen molar-refractivity contribution in [2.75, 3.05) is 13.4 Å². The monoisotopic (exact) mass is 329 g/mol. The molecule has 124 valence electrons. The van der Waals surface area contributed by atoms with Gasteiger partial charge in [0, 0.05) is 0 Å². The quantitative estimate of drug-likeness (QED) is 0.851. The van der Waals surface area contributed by atoms with E-state index in [0.717, 1.165) is 0 Å². The van der Waals surface area contributed by atoms with Gasteiger partial charge in [-0.2, -0.15) is 5.26 Å². The lowest BCUT2D eigenvalue weighted by atomic mass is 9.83. The van der Waals surface area contributed by atoms with Crippen LogP contribution in [0.5, 0.6) is 11.5 Å². The van der Waals surface area contributed by atoms with Gasteiger partial charge in [-0.1, -0.05) is 6.07 Å². The largest absolute Gasteiger partial charge is 0.480 e. The molecule has 2 aliphatic rings. The van der Waals surface area contributed by atoms with E-state index >= 15 is 0 Å². The fourth-order valence-electron chi connectivity index (χ4n) is 2.73. The number of aliphatic hydroxyl groups excluding tert-OH is 1. The van der Waals surface area contributed by atoms with Gasteiger partial charge in [-0.15, -0.1) is 0 Å². The van der Waals surface area contributed by atoms with E-state index in [4.69, 9.17) is 18.9 Å². The Kier molecular flexibility index (Phi) is 4.04. The first-order valence-electron chi connectivity index (χ1n) is 7.35. The van der Waals surface area contributed by atoms with Crippen molar-refractivity contribution in [3.8, 4) is 17.6 Å². The minimum atomic E-state index is -0.808. The number of nitriles is 1. The molecule has 0 fully saturated rings. The number of allylic oxidation sites excluding steroid dienone is 2. The summed E-state index contributed by atoms with van der Waals surface area (Å²) in [5.74, 6) is -0.652. The Morgan fingerprint density at radius 2 is 2.17 bits per heavy atom. The van der Waals surface area contributed by atoms with Crippen LogP contribution in [-0.2, 0) is 14.3 Å². The van der Waals surface area contributed by atoms with Crippen LogP contribution < -0.4 is 9.47 Å². The highest BCUT2D eigenvalue weighted by Crippen LogP contribution is 2.43. The molecule has 1 N–H and O–H groups in total. The fourth-order valence-corrected chi connectivity index (χ4v) is 2.73. The Morgan fingerprint density at radius 3 is 2.88 bits per heavy atom. The molecule has 1 aromatic carbocycles. The number of hydrogen-bond donors (Lipinski definition) is 1. The summed E-state index contributed by atoms with van der Waals surface area (Å²) in [6.07, 6.45) is 0. The first-order chi connectivity index (χ1) is 11.6. The number of fused-ring (bicyclic) bond motifs is 1. The van der Waals surface area contributed by atoms with Crippen LogP contribution in [-0.4, -0.2) is 24.5 Å². The van der Waals surface area contributed by atoms with Crippen molar-refractivity contribution in [2.45, 2.75) is 19.8 Å². The number of rotatable bonds is 3. The van der Waals surface area contributed by atoms with Gasteiger partial charge in [0.05, 0.1) is 18.1 Å². The molecule has 7 nitrogen and oxygen atoms in total. The second-order valence-corrected chi connectivity index (χ2v) is 5.17. The molecule has 0 aliphatic carbocycles. The molecule has 0 spiro atoms. The topological polar surface area (TPSA) is 98.0 Å². The van der Waals surface area contributed by atoms with Crippen molar-refractivity contribution in [2.24, 2.45) is 0 Å². The molecule has 3 rings (SSSR count). The lowest BCUT2D eigenvalue weighted by Crippen LogP contribution is -2.23. The van der Waals surface area contributed by atoms with Crippen molar-refractivity contribution in [1.82, 2.24) is 0 Å². The Labute approximate surface area is 138 Å². The molecule has 24 heavy (non-hydrogen) atoms. The second kappa shape index (κ2) is 6.16. The third-order valence-electron chi connectivity index (χ3n) is 3.78. The van der Waals surface area contributed by atoms with Crippen LogP contribution in [0.1, 0.15) is 25.3 Å². The molecular formula is C17H15NO6. The van der Waals surface area contributed by atoms with Crippen LogP contribution >= 0.6 is 0 Å². The van der Waals surface area contributed by atoms with Crippen LogP contribution in [0, 0.1) is 11.3 Å². The zero-order valence-electron chi connectivity index (χ0n) is 13.2. The summed E-state index contributed by atoms with van der Waals surface area (Å²) in [5, 5.41) is 19.4. The number of hydrogen-bond acceptors (Lipinski definition) is 7. The van der Waals surface area contributed by atoms with Gasteiger partial charge < -0.3 is 24.1 Å². The van der Waals surface area contributed by atoms with Crippen molar-refractivity contribution in [3.05, 3.63) is 46.6 Å². The van der Waals surface area contributed by atoms with Gasteiger partial charge in [0.1, 0.15) is 17.4 Å². The summed E-state index contributed by atoms with van der Waals surface area (Å²) in [6, 6.07) is 6.98. The van der Waals surface area contributed by atoms with Crippen LogP contribution in [0.25, 0.3) is 0 Å². The number of carbonyl (C=O) groups is 1. The molecule has 2 aliphatic heterocycles. The molecule has 0 radical (unpaired) electrons. The molecule has 0 bridgehead atoms. The van der Waals surface area contributed by atoms with E-state index in [1.54, 1.807) is 25.1 Å². The van der Waals surface area contributed by atoms with E-state index in [9.17, 15) is 15.2 Å². The molecule has 0 aromatic heterocycles. The number of esters is 1. The maximum Gasteiger partial charge on any atom is 0.338 e. The zero-order valence-corrected chi connectivity index (χ0v) is 13.2. The molecular weight excluding hydrogens is 314 g/mol. The maximum absolute atomic E-state index is 12.4. The summed E-state index contributed by atoms with van der Waals surface area (Å²) in [7, 11) is 0. The predicted octanol–water partition coefficient (Wildman–Crippen LogP) is 2.66. The van der Waals surface area contributed by atoms with Gasteiger partial charge in [-0.3, -0.25) is 0 Å². The molecule has 2 heterocycles. The highest BCUT2D eigenvalue weighted by molar-refractivity contribution is 5.92. The van der Waals surface area contributed by atoms with Gasteiger partial charge in [-0.05, 0) is 31.5 Å². The molecule has 7 heteroatoms. The Hall–Kier alpha value is -3.14. The molecule has 0 unspecified atom stereocenters. The summed E-state index contributed by atoms with van der Waals surface area (Å²) < 4.78 is 20.8. The first-order valence-corrected chi connectivity index (χ1v) is 7.35. The number of carbonyl (C=O) groups excluding carboxylic acids is 1. The Balaban J connectivity index is 2.13. The maximum atomic E-state index is 12.4. The highest BCUT2D eigenvalue weighted by Gasteiger charge is 2.37. The first kappa shape index (κ1) is 15.7. The molecule has 1 aromatic rings. The Bertz CT molecular complexity index is 802. The van der Waals surface area contributed by atoms with Crippen molar-refractivity contribution >= 4 is 5.97 Å². The van der Waals surface area contributed by atoms with Gasteiger partial charge in [0.15, 0.2) is 11.5 Å². The van der Waals surface area contributed by atoms with E-state index in [-0.39, 0.29) is 30.3 Å². The average Bonchev–Trinajstić information content (AvgIpc) is 3.01. The number of ether oxygens (including phenoxy) is 4. The number of benzene rings is 1. The Morgan fingerprint density at radius 1 is 1.42 bits per heavy atom. The van der Waals surface area contributed by atoms with E-state index < -0.39 is 17.8 Å². The fraction of sp³-hybridized carbons (Fsp3) is 0.294. The van der Waals surface area contributed by atoms with Crippen molar-refractivity contribution in [1.29, 1.82) is 5.26 Å². The van der Waals surface area contributed by atoms with Gasteiger partial charge in [0.2, 0.25) is 6.79 Å². The minimum Gasteiger partial charge on any atom is -0.480 e. The zero-order chi connectivity index (χ0) is 17.3. The van der Waals surface area contributed by atoms with E-state index in [0.29, 0.717) is 17.1 Å². The van der Waals surface area contributed by atoms with Gasteiger partial charge in [-0.25, -0.2) is 4.79 Å². The SMILES string of the molecule is CCOC(=O)C1=C(C)OC(O)=C(C#N)[C@H]1c1ccc2c(c1)OCO2. The third-order valence-corrected chi connectivity index (χ3v) is 3.78. The van der Waals surface area contributed by atoms with Crippen LogP contribution in [0.3, 0.4) is 0 Å². The van der Waals surface area contributed by atoms with E-state index in [1.807, 2.05) is 6.07 Å². The van der Waals surface area contributed by atoms with Crippen molar-refractivity contribution < 1.29 is 28.8 Å². The van der Waals surface area contributed by atoms with Crippen LogP contribution in [0.15, 0.2) is 41.0 Å². The van der Waals surface area contributed by atoms with Gasteiger partial charge >= 0.3 is 5.97 Å². The third kappa shape index (κ3) is 2.52. The molecule has 0 saturated heterocycles. The van der Waals surface area contributed by atoms with E-state index in [1.165, 1.54) is 6.92 Å². The van der Waals surface area contributed by atoms with Crippen molar-refractivity contribution in [3.63, 3.8) is 0 Å². The average molecular weight is 329 g/mol. The van der Waals surface area contributed by atoms with Crippen LogP contribution in [0.4, 0.5) is 0 Å². The van der Waals surface area contributed by atoms with E-state index in [2.05, 4.69) is 0 Å². The van der Waals surface area contributed by atoms with Gasteiger partial charge in [0.25, 0.3) is 5.95 Å². The molecule has 0 amide bonds. The summed E-state index contributed by atoms with van der Waals surface area (Å²) in [5.41, 5.74) is 0.695. The lowest BCUT2D eigenvalue weighted by Gasteiger charge is -2.26. The standard InChI is InChI=1S/C17H15NO6/c1-3-21-17(20)14-9(2)24-16(19)11(7-18)15(14)10-4-5-12-13(6-10)23-8-22-12/h4-6,15,19H,3,8H2,1-2H3/t15-/m1/s1. The summed E-state index contributed by atoms with van der Waals surface area (Å²) in [4.78, 5) is 12.4. The highest BCUT2D eigenvalue weighted by atomic mass is 16.7. The summed E-state index contributed by atoms with van der Waals surface area (Å²) >= 11 is 0. The number of aliphatic hydroxyl groups is 1. The normalized spacial score (nSPS) is 19.0. The summed E-state index contributed by atoms with van der Waals surface area (Å²) in [6.45, 7) is 3.52. The lowest BCUT2D eigenvalue weighted by molar-refractivity contribution is -0.139. The molecule has 1 atom stereocenters. The van der Waals surface area contributed by atoms with Crippen LogP contribution in [0.2, 0.25) is 0 Å². The second-order valence-electron chi connectivity index (χ2n) is 5.17. The smallest absolute Gasteiger partial charge is 0.338 e. The predicted molar refractivity (Wildman–Crippen MR) is 81.0 cm³/mol. The minimum absolute atomic E-state index is 0.0671. The molecule has 0 saturated carbocycles.